The van der Waals surface area contributed by atoms with Crippen molar-refractivity contribution in [2.75, 3.05) is 14.2 Å². The Labute approximate surface area is 146 Å². The molecule has 0 unspecified atom stereocenters. The minimum absolute atomic E-state index is 0.0786. The number of hydrogen-bond acceptors (Lipinski definition) is 4. The van der Waals surface area contributed by atoms with Gasteiger partial charge in [0.05, 0.1) is 17.6 Å². The lowest BCUT2D eigenvalue weighted by molar-refractivity contribution is 0.0600. The second kappa shape index (κ2) is 7.34. The number of hydrogen-bond donors (Lipinski definition) is 0. The first-order valence-corrected chi connectivity index (χ1v) is 8.97. The highest BCUT2D eigenvalue weighted by molar-refractivity contribution is 7.89. The molecule has 0 atom stereocenters. The number of nitrogens with zero attached hydrogens (tertiary/aromatic N) is 1. The van der Waals surface area contributed by atoms with Gasteiger partial charge in [-0.2, -0.15) is 4.31 Å². The van der Waals surface area contributed by atoms with Crippen molar-refractivity contribution in [3.8, 4) is 0 Å². The second-order valence-electron chi connectivity index (χ2n) is 5.36. The SMILES string of the molecule is COC(=O)c1ccc(C)c(S(=O)(=O)N(C)Cc2cccc(Cl)c2)c1. The molecule has 0 aromatic heterocycles. The van der Waals surface area contributed by atoms with Gasteiger partial charge in [-0.05, 0) is 42.3 Å². The molecule has 5 nitrogen and oxygen atoms in total. The van der Waals surface area contributed by atoms with Gasteiger partial charge in [0.15, 0.2) is 0 Å². The van der Waals surface area contributed by atoms with Crippen molar-refractivity contribution >= 4 is 27.6 Å². The van der Waals surface area contributed by atoms with E-state index in [2.05, 4.69) is 4.74 Å². The molecule has 0 aliphatic heterocycles. The molecule has 2 aromatic carbocycles. The van der Waals surface area contributed by atoms with Gasteiger partial charge in [0.25, 0.3) is 0 Å². The Morgan fingerprint density at radius 3 is 2.54 bits per heavy atom. The van der Waals surface area contributed by atoms with Crippen LogP contribution in [0.15, 0.2) is 47.4 Å². The minimum Gasteiger partial charge on any atom is -0.465 e. The van der Waals surface area contributed by atoms with E-state index in [0.717, 1.165) is 5.56 Å². The largest absolute Gasteiger partial charge is 0.465 e. The average Bonchev–Trinajstić information content (AvgIpc) is 2.54. The van der Waals surface area contributed by atoms with Crippen LogP contribution in [0.5, 0.6) is 0 Å². The number of methoxy groups -OCH3 is 1. The highest BCUT2D eigenvalue weighted by Gasteiger charge is 2.24. The van der Waals surface area contributed by atoms with Crippen LogP contribution in [0.25, 0.3) is 0 Å². The zero-order valence-electron chi connectivity index (χ0n) is 13.6. The number of halogens is 1. The van der Waals surface area contributed by atoms with Crippen LogP contribution in [0.4, 0.5) is 0 Å². The number of aryl methyl sites for hydroxylation is 1. The fourth-order valence-corrected chi connectivity index (χ4v) is 3.89. The molecule has 0 aliphatic rings. The van der Waals surface area contributed by atoms with Gasteiger partial charge < -0.3 is 4.74 Å². The maximum atomic E-state index is 12.8. The number of sulfonamides is 1. The predicted molar refractivity (Wildman–Crippen MR) is 92.6 cm³/mol. The molecule has 2 rings (SSSR count). The minimum atomic E-state index is -3.76. The van der Waals surface area contributed by atoms with Crippen LogP contribution in [0, 0.1) is 6.92 Å². The first kappa shape index (κ1) is 18.4. The number of rotatable bonds is 5. The van der Waals surface area contributed by atoms with Crippen LogP contribution < -0.4 is 0 Å². The number of benzene rings is 2. The van der Waals surface area contributed by atoms with Gasteiger partial charge in [-0.15, -0.1) is 0 Å². The highest BCUT2D eigenvalue weighted by Crippen LogP contribution is 2.23. The molecular formula is C17H18ClNO4S. The summed E-state index contributed by atoms with van der Waals surface area (Å²) in [5.41, 5.74) is 1.52. The molecule has 7 heteroatoms. The third kappa shape index (κ3) is 3.95. The highest BCUT2D eigenvalue weighted by atomic mass is 35.5. The van der Waals surface area contributed by atoms with Gasteiger partial charge in [0, 0.05) is 18.6 Å². The molecule has 128 valence electrons. The molecule has 0 saturated heterocycles. The molecule has 24 heavy (non-hydrogen) atoms. The molecule has 0 heterocycles. The summed E-state index contributed by atoms with van der Waals surface area (Å²) in [7, 11) is -1.02. The molecular weight excluding hydrogens is 350 g/mol. The first-order valence-electron chi connectivity index (χ1n) is 7.15. The van der Waals surface area contributed by atoms with Crippen molar-refractivity contribution in [1.82, 2.24) is 4.31 Å². The van der Waals surface area contributed by atoms with E-state index in [1.165, 1.54) is 30.6 Å². The Morgan fingerprint density at radius 2 is 1.92 bits per heavy atom. The first-order chi connectivity index (χ1) is 11.3. The summed E-state index contributed by atoms with van der Waals surface area (Å²) in [4.78, 5) is 11.7. The fourth-order valence-electron chi connectivity index (χ4n) is 2.27. The summed E-state index contributed by atoms with van der Waals surface area (Å²) >= 11 is 5.94. The Bertz CT molecular complexity index is 865. The lowest BCUT2D eigenvalue weighted by Crippen LogP contribution is -2.27. The van der Waals surface area contributed by atoms with Crippen LogP contribution >= 0.6 is 11.6 Å². The maximum Gasteiger partial charge on any atom is 0.337 e. The van der Waals surface area contributed by atoms with Gasteiger partial charge in [0.1, 0.15) is 0 Å². The number of carbonyl (C=O) groups excluding carboxylic acids is 1. The van der Waals surface area contributed by atoms with Crippen LogP contribution in [-0.2, 0) is 21.3 Å². The van der Waals surface area contributed by atoms with Gasteiger partial charge in [-0.3, -0.25) is 0 Å². The zero-order valence-corrected chi connectivity index (χ0v) is 15.2. The van der Waals surface area contributed by atoms with Crippen molar-refractivity contribution in [2.24, 2.45) is 0 Å². The van der Waals surface area contributed by atoms with Crippen LogP contribution in [-0.4, -0.2) is 32.8 Å². The van der Waals surface area contributed by atoms with E-state index in [9.17, 15) is 13.2 Å². The number of carbonyl (C=O) groups is 1. The monoisotopic (exact) mass is 367 g/mol. The third-order valence-electron chi connectivity index (χ3n) is 3.59. The lowest BCUT2D eigenvalue weighted by Gasteiger charge is -2.19. The summed E-state index contributed by atoms with van der Waals surface area (Å²) < 4.78 is 31.6. The molecule has 0 bridgehead atoms. The molecule has 0 amide bonds. The Hall–Kier alpha value is -1.89. The topological polar surface area (TPSA) is 63.7 Å². The lowest BCUT2D eigenvalue weighted by atomic mass is 10.1. The molecule has 2 aromatic rings. The van der Waals surface area contributed by atoms with Gasteiger partial charge in [-0.25, -0.2) is 13.2 Å². The molecule has 0 aliphatic carbocycles. The van der Waals surface area contributed by atoms with Crippen LogP contribution in [0.1, 0.15) is 21.5 Å². The van der Waals surface area contributed by atoms with E-state index in [0.29, 0.717) is 10.6 Å². The normalized spacial score (nSPS) is 11.5. The third-order valence-corrected chi connectivity index (χ3v) is 5.77. The van der Waals surface area contributed by atoms with E-state index in [4.69, 9.17) is 11.6 Å². The predicted octanol–water partition coefficient (Wildman–Crippen LogP) is 3.26. The smallest absolute Gasteiger partial charge is 0.337 e. The molecule has 0 spiro atoms. The van der Waals surface area contributed by atoms with E-state index < -0.39 is 16.0 Å². The molecule has 0 fully saturated rings. The summed E-state index contributed by atoms with van der Waals surface area (Å²) in [6.07, 6.45) is 0. The van der Waals surface area contributed by atoms with Crippen molar-refractivity contribution in [1.29, 1.82) is 0 Å². The van der Waals surface area contributed by atoms with Gasteiger partial charge in [-0.1, -0.05) is 29.8 Å². The number of esters is 1. The van der Waals surface area contributed by atoms with Gasteiger partial charge in [0.2, 0.25) is 10.0 Å². The van der Waals surface area contributed by atoms with E-state index in [1.807, 2.05) is 0 Å². The van der Waals surface area contributed by atoms with E-state index in [1.54, 1.807) is 37.3 Å². The Balaban J connectivity index is 2.37. The summed E-state index contributed by atoms with van der Waals surface area (Å²) in [6.45, 7) is 1.85. The average molecular weight is 368 g/mol. The molecule has 0 N–H and O–H groups in total. The van der Waals surface area contributed by atoms with Crippen molar-refractivity contribution in [3.63, 3.8) is 0 Å². The quantitative estimate of drug-likeness (QED) is 0.761. The summed E-state index contributed by atoms with van der Waals surface area (Å²) in [6, 6.07) is 11.5. The second-order valence-corrected chi connectivity index (χ2v) is 7.81. The Morgan fingerprint density at radius 1 is 1.21 bits per heavy atom. The number of ether oxygens (including phenoxy) is 1. The van der Waals surface area contributed by atoms with Crippen molar-refractivity contribution in [3.05, 3.63) is 64.2 Å². The standard InChI is InChI=1S/C17H18ClNO4S/c1-12-7-8-14(17(20)23-3)10-16(12)24(21,22)19(2)11-13-5-4-6-15(18)9-13/h4-10H,11H2,1-3H3. The summed E-state index contributed by atoms with van der Waals surface area (Å²) in [5.74, 6) is -0.580. The fraction of sp³-hybridized carbons (Fsp3) is 0.235. The molecule has 0 saturated carbocycles. The zero-order chi connectivity index (χ0) is 17.9. The van der Waals surface area contributed by atoms with Gasteiger partial charge >= 0.3 is 5.97 Å². The summed E-state index contributed by atoms with van der Waals surface area (Å²) in [5, 5.41) is 0.544. The van der Waals surface area contributed by atoms with E-state index >= 15 is 0 Å². The maximum absolute atomic E-state index is 12.8. The van der Waals surface area contributed by atoms with E-state index in [-0.39, 0.29) is 17.0 Å². The van der Waals surface area contributed by atoms with Crippen molar-refractivity contribution < 1.29 is 17.9 Å². The Kier molecular flexibility index (Phi) is 5.64. The van der Waals surface area contributed by atoms with Crippen LogP contribution in [0.2, 0.25) is 5.02 Å². The molecule has 0 radical (unpaired) electrons. The van der Waals surface area contributed by atoms with Crippen LogP contribution in [0.3, 0.4) is 0 Å². The van der Waals surface area contributed by atoms with Crippen molar-refractivity contribution in [2.45, 2.75) is 18.4 Å².